The fourth-order valence-corrected chi connectivity index (χ4v) is 2.31. The molecule has 19 heavy (non-hydrogen) atoms. The predicted octanol–water partition coefficient (Wildman–Crippen LogP) is 3.79. The monoisotopic (exact) mass is 322 g/mol. The van der Waals surface area contributed by atoms with Crippen molar-refractivity contribution in [2.24, 2.45) is 0 Å². The zero-order valence-electron chi connectivity index (χ0n) is 10.6. The van der Waals surface area contributed by atoms with Gasteiger partial charge in [0.1, 0.15) is 12.0 Å². The quantitative estimate of drug-likeness (QED) is 0.909. The highest BCUT2D eigenvalue weighted by atomic mass is 79.9. The lowest BCUT2D eigenvalue weighted by Gasteiger charge is -2.03. The van der Waals surface area contributed by atoms with Gasteiger partial charge in [-0.05, 0) is 53.4 Å². The third-order valence-corrected chi connectivity index (χ3v) is 3.58. The van der Waals surface area contributed by atoms with Gasteiger partial charge < -0.3 is 14.5 Å². The van der Waals surface area contributed by atoms with Crippen LogP contribution in [0.5, 0.6) is 11.8 Å². The molecule has 1 fully saturated rings. The van der Waals surface area contributed by atoms with E-state index in [1.54, 1.807) is 6.26 Å². The molecule has 100 valence electrons. The van der Waals surface area contributed by atoms with Gasteiger partial charge in [0.05, 0.1) is 10.2 Å². The summed E-state index contributed by atoms with van der Waals surface area (Å²) in [6, 6.07) is 6.53. The number of hydrogen-bond donors (Lipinski definition) is 1. The van der Waals surface area contributed by atoms with Gasteiger partial charge in [-0.15, -0.1) is 0 Å². The fraction of sp³-hybridized carbons (Fsp3) is 0.357. The maximum Gasteiger partial charge on any atom is 0.399 e. The number of benzene rings is 1. The van der Waals surface area contributed by atoms with Gasteiger partial charge in [0.2, 0.25) is 0 Å². The first-order chi connectivity index (χ1) is 9.20. The summed E-state index contributed by atoms with van der Waals surface area (Å²) >= 11 is 3.46. The normalized spacial score (nSPS) is 14.6. The van der Waals surface area contributed by atoms with Crippen LogP contribution in [0, 0.1) is 6.92 Å². The number of aromatic nitrogens is 1. The first-order valence-corrected chi connectivity index (χ1v) is 7.12. The van der Waals surface area contributed by atoms with E-state index in [0.29, 0.717) is 11.8 Å². The van der Waals surface area contributed by atoms with Gasteiger partial charge in [-0.25, -0.2) is 0 Å². The van der Waals surface area contributed by atoms with E-state index in [1.165, 1.54) is 18.4 Å². The minimum absolute atomic E-state index is 0.275. The van der Waals surface area contributed by atoms with Gasteiger partial charge in [-0.3, -0.25) is 0 Å². The van der Waals surface area contributed by atoms with E-state index in [2.05, 4.69) is 26.2 Å². The van der Waals surface area contributed by atoms with Gasteiger partial charge >= 0.3 is 6.08 Å². The average molecular weight is 323 g/mol. The molecule has 0 unspecified atom stereocenters. The summed E-state index contributed by atoms with van der Waals surface area (Å²) in [6.45, 7) is 2.76. The van der Waals surface area contributed by atoms with Gasteiger partial charge in [-0.1, -0.05) is 6.07 Å². The van der Waals surface area contributed by atoms with Crippen LogP contribution in [0.3, 0.4) is 0 Å². The van der Waals surface area contributed by atoms with Crippen LogP contribution in [0.15, 0.2) is 33.4 Å². The smallest absolute Gasteiger partial charge is 0.399 e. The highest BCUT2D eigenvalue weighted by Crippen LogP contribution is 2.30. The Labute approximate surface area is 120 Å². The summed E-state index contributed by atoms with van der Waals surface area (Å²) < 4.78 is 11.8. The molecule has 1 aliphatic carbocycles. The van der Waals surface area contributed by atoms with Gasteiger partial charge in [0.15, 0.2) is 0 Å². The van der Waals surface area contributed by atoms with Crippen LogP contribution in [0.25, 0.3) is 0 Å². The SMILES string of the molecule is Cc1ccc(Oc2nc(CNC3CC3)co2)c(Br)c1. The summed E-state index contributed by atoms with van der Waals surface area (Å²) in [4.78, 5) is 4.30. The molecule has 3 rings (SSSR count). The van der Waals surface area contributed by atoms with Crippen molar-refractivity contribution in [1.29, 1.82) is 0 Å². The van der Waals surface area contributed by atoms with Crippen molar-refractivity contribution >= 4 is 15.9 Å². The van der Waals surface area contributed by atoms with E-state index in [-0.39, 0.29) is 6.08 Å². The molecule has 0 spiro atoms. The van der Waals surface area contributed by atoms with E-state index in [1.807, 2.05) is 25.1 Å². The van der Waals surface area contributed by atoms with Crippen molar-refractivity contribution in [2.45, 2.75) is 32.4 Å². The van der Waals surface area contributed by atoms with Crippen molar-refractivity contribution in [1.82, 2.24) is 10.3 Å². The minimum Gasteiger partial charge on any atom is -0.417 e. The lowest BCUT2D eigenvalue weighted by atomic mass is 10.2. The first-order valence-electron chi connectivity index (χ1n) is 6.32. The Morgan fingerprint density at radius 1 is 1.47 bits per heavy atom. The van der Waals surface area contributed by atoms with E-state index >= 15 is 0 Å². The third kappa shape index (κ3) is 3.36. The van der Waals surface area contributed by atoms with Crippen molar-refractivity contribution in [2.75, 3.05) is 0 Å². The predicted molar refractivity (Wildman–Crippen MR) is 75.3 cm³/mol. The number of nitrogens with zero attached hydrogens (tertiary/aromatic N) is 1. The molecule has 1 heterocycles. The summed E-state index contributed by atoms with van der Waals surface area (Å²) in [5, 5.41) is 3.38. The molecular formula is C14H15BrN2O2. The maximum atomic E-state index is 5.61. The van der Waals surface area contributed by atoms with Gasteiger partial charge in [0.25, 0.3) is 0 Å². The van der Waals surface area contributed by atoms with Crippen molar-refractivity contribution in [3.63, 3.8) is 0 Å². The molecule has 1 aromatic carbocycles. The lowest BCUT2D eigenvalue weighted by Crippen LogP contribution is -2.15. The zero-order valence-corrected chi connectivity index (χ0v) is 12.2. The van der Waals surface area contributed by atoms with E-state index in [9.17, 15) is 0 Å². The molecule has 0 saturated heterocycles. The zero-order chi connectivity index (χ0) is 13.2. The number of hydrogen-bond acceptors (Lipinski definition) is 4. The van der Waals surface area contributed by atoms with Crippen molar-refractivity contribution in [3.8, 4) is 11.8 Å². The van der Waals surface area contributed by atoms with Crippen LogP contribution >= 0.6 is 15.9 Å². The van der Waals surface area contributed by atoms with E-state index in [0.717, 1.165) is 16.7 Å². The summed E-state index contributed by atoms with van der Waals surface area (Å²) in [6.07, 6.45) is 4.43. The Kier molecular flexibility index (Phi) is 3.57. The van der Waals surface area contributed by atoms with Crippen LogP contribution < -0.4 is 10.1 Å². The second-order valence-electron chi connectivity index (χ2n) is 4.80. The molecule has 1 aliphatic rings. The van der Waals surface area contributed by atoms with Gasteiger partial charge in [0, 0.05) is 12.6 Å². The largest absolute Gasteiger partial charge is 0.417 e. The van der Waals surface area contributed by atoms with Crippen LogP contribution in [0.2, 0.25) is 0 Å². The Bertz CT molecular complexity index is 579. The van der Waals surface area contributed by atoms with Crippen LogP contribution in [-0.4, -0.2) is 11.0 Å². The molecule has 5 heteroatoms. The number of ether oxygens (including phenoxy) is 1. The molecule has 2 aromatic rings. The first kappa shape index (κ1) is 12.7. The Morgan fingerprint density at radius 2 is 2.32 bits per heavy atom. The summed E-state index contributed by atoms with van der Waals surface area (Å²) in [7, 11) is 0. The number of rotatable bonds is 5. The highest BCUT2D eigenvalue weighted by molar-refractivity contribution is 9.10. The molecule has 0 radical (unpaired) electrons. The standard InChI is InChI=1S/C14H15BrN2O2/c1-9-2-5-13(12(15)6-9)19-14-17-11(8-18-14)7-16-10-3-4-10/h2,5-6,8,10,16H,3-4,7H2,1H3. The number of oxazole rings is 1. The maximum absolute atomic E-state index is 5.61. The van der Waals surface area contributed by atoms with Crippen molar-refractivity contribution in [3.05, 3.63) is 40.2 Å². The van der Waals surface area contributed by atoms with Gasteiger partial charge in [-0.2, -0.15) is 4.98 Å². The molecule has 0 amide bonds. The third-order valence-electron chi connectivity index (χ3n) is 2.96. The van der Waals surface area contributed by atoms with Crippen molar-refractivity contribution < 1.29 is 9.15 Å². The molecule has 0 atom stereocenters. The van der Waals surface area contributed by atoms with Crippen LogP contribution in [-0.2, 0) is 6.54 Å². The molecule has 1 saturated carbocycles. The number of aryl methyl sites for hydroxylation is 1. The van der Waals surface area contributed by atoms with Crippen LogP contribution in [0.1, 0.15) is 24.1 Å². The topological polar surface area (TPSA) is 47.3 Å². The number of halogens is 1. The molecule has 0 aliphatic heterocycles. The Balaban J connectivity index is 1.65. The molecule has 0 bridgehead atoms. The average Bonchev–Trinajstić information content (AvgIpc) is 3.10. The highest BCUT2D eigenvalue weighted by Gasteiger charge is 2.20. The fourth-order valence-electron chi connectivity index (χ4n) is 1.74. The minimum atomic E-state index is 0.275. The molecule has 1 aromatic heterocycles. The second kappa shape index (κ2) is 5.35. The molecule has 1 N–H and O–H groups in total. The summed E-state index contributed by atoms with van der Waals surface area (Å²) in [5.41, 5.74) is 2.03. The summed E-state index contributed by atoms with van der Waals surface area (Å²) in [5.74, 6) is 0.703. The molecular weight excluding hydrogens is 308 g/mol. The number of nitrogens with one attached hydrogen (secondary N) is 1. The lowest BCUT2D eigenvalue weighted by molar-refractivity contribution is 0.329. The molecule has 4 nitrogen and oxygen atoms in total. The Hall–Kier alpha value is -1.33. The van der Waals surface area contributed by atoms with Crippen LogP contribution in [0.4, 0.5) is 0 Å². The second-order valence-corrected chi connectivity index (χ2v) is 5.65. The Morgan fingerprint density at radius 3 is 3.05 bits per heavy atom. The van der Waals surface area contributed by atoms with E-state index < -0.39 is 0 Å². The van der Waals surface area contributed by atoms with E-state index in [4.69, 9.17) is 9.15 Å².